The van der Waals surface area contributed by atoms with Crippen LogP contribution in [0.25, 0.3) is 22.3 Å². The molecule has 4 aromatic heterocycles. The molecular weight excluding hydrogens is 1300 g/mol. The number of anilines is 1. The summed E-state index contributed by atoms with van der Waals surface area (Å²) in [7, 11) is -7.75. The van der Waals surface area contributed by atoms with E-state index >= 15 is 0 Å². The fourth-order valence-corrected chi connectivity index (χ4v) is 13.2. The molecule has 0 aliphatic carbocycles. The SMILES string of the molecule is C[C@@H]1CN(C(=O)OCc2ccccc2)C[C@@H]1C(=O)CBr.Cc1ccc(S(=O)(=O)n2ccc3nc(CC(=O)OC(C)(C)C)cnc32)cc1.Cc1ccc(S(=O)(=O)n2ccc3nc(N(CC(=O)[C@H]4CN(C(=O)OCc5ccccc5)C[C@H]4C)C(=O)OC(C)(C)C)cnc32)cc1. The molecule has 8 aromatic rings. The quantitative estimate of drug-likeness (QED) is 0.0494. The summed E-state index contributed by atoms with van der Waals surface area (Å²) in [6.45, 7) is 19.6. The van der Waals surface area contributed by atoms with Gasteiger partial charge in [-0.15, -0.1) is 0 Å². The minimum Gasteiger partial charge on any atom is -0.460 e. The fourth-order valence-electron chi connectivity index (χ4n) is 10.2. The number of carbonyl (C=O) groups excluding carboxylic acids is 6. The van der Waals surface area contributed by atoms with Crippen LogP contribution >= 0.6 is 15.9 Å². The van der Waals surface area contributed by atoms with Crippen LogP contribution in [0.5, 0.6) is 0 Å². The molecule has 3 amide bonds. The standard InChI is InChI=1S/C33H37N5O7S.C19H21N3O4S.C15H18BrNO3/c1-22-11-13-25(14-12-22)46(42,43)38-16-15-27-30(38)34-17-29(35-27)37(32(41)45-33(3,4)5)20-28(39)26-19-36(18-23(26)2)31(40)44-21-24-9-7-6-8-10-24;1-13-5-7-15(8-6-13)27(24,25)22-10-9-16-18(22)20-12-14(21-16)11-17(23)26-19(2,3)4;1-11-8-17(9-13(11)14(18)7-16)15(19)20-10-12-5-3-2-4-6-12/h6-17,23,26H,18-21H2,1-5H3;5-10,12H,11H2,1-4H3;2-6,11,13H,7-10H2,1H3/t23-,26+;;11-,13+/m1.1/s1. The number of carbonyl (C=O) groups is 6. The zero-order valence-corrected chi connectivity index (χ0v) is 56.7. The van der Waals surface area contributed by atoms with Gasteiger partial charge in [0.05, 0.1) is 46.2 Å². The maximum Gasteiger partial charge on any atom is 0.416 e. The number of esters is 1. The Hall–Kier alpha value is -8.88. The summed E-state index contributed by atoms with van der Waals surface area (Å²) in [6, 6.07) is 34.9. The number of aromatic nitrogens is 6. The second kappa shape index (κ2) is 29.8. The van der Waals surface area contributed by atoms with E-state index in [0.717, 1.165) is 35.1 Å². The molecule has 492 valence electrons. The van der Waals surface area contributed by atoms with E-state index < -0.39 is 55.3 Å². The number of hydrogen-bond donors (Lipinski definition) is 0. The van der Waals surface area contributed by atoms with E-state index in [2.05, 4.69) is 35.9 Å². The van der Waals surface area contributed by atoms with Gasteiger partial charge in [-0.25, -0.2) is 59.1 Å². The van der Waals surface area contributed by atoms with Gasteiger partial charge < -0.3 is 28.7 Å². The largest absolute Gasteiger partial charge is 0.460 e. The summed E-state index contributed by atoms with van der Waals surface area (Å²) in [5.74, 6) is -1.19. The monoisotopic (exact) mass is 1370 g/mol. The molecule has 0 spiro atoms. The molecule has 10 rings (SSSR count). The van der Waals surface area contributed by atoms with Crippen molar-refractivity contribution in [2.45, 2.75) is 110 Å². The van der Waals surface area contributed by atoms with E-state index in [9.17, 15) is 45.6 Å². The molecule has 0 N–H and O–H groups in total. The van der Waals surface area contributed by atoms with Crippen molar-refractivity contribution >= 4 is 99.9 Å². The molecule has 2 saturated heterocycles. The lowest BCUT2D eigenvalue weighted by Gasteiger charge is -2.27. The Balaban J connectivity index is 0.000000199. The van der Waals surface area contributed by atoms with E-state index in [-0.39, 0.29) is 101 Å². The number of ether oxygens (including phenoxy) is 4. The van der Waals surface area contributed by atoms with Crippen LogP contribution < -0.4 is 4.90 Å². The average Bonchev–Trinajstić information content (AvgIpc) is 1.78. The molecule has 4 aromatic carbocycles. The van der Waals surface area contributed by atoms with Gasteiger partial charge in [0, 0.05) is 50.4 Å². The number of hydrogen-bond acceptors (Lipinski definition) is 18. The molecule has 2 fully saturated rings. The number of halogens is 1. The normalized spacial score (nSPS) is 16.5. The first-order valence-corrected chi connectivity index (χ1v) is 34.0. The Morgan fingerprint density at radius 2 is 0.989 bits per heavy atom. The Morgan fingerprint density at radius 3 is 1.43 bits per heavy atom. The zero-order chi connectivity index (χ0) is 67.6. The molecule has 2 aliphatic rings. The number of alkyl halides is 1. The number of ketones is 2. The molecule has 0 unspecified atom stereocenters. The number of rotatable bonds is 16. The Labute approximate surface area is 549 Å². The number of likely N-dealkylation sites (tertiary alicyclic amines) is 2. The van der Waals surface area contributed by atoms with Crippen molar-refractivity contribution < 1.29 is 64.6 Å². The molecular formula is C67H76BrN9O14S2. The van der Waals surface area contributed by atoms with Crippen LogP contribution in [-0.2, 0) is 73.0 Å². The van der Waals surface area contributed by atoms with Crippen LogP contribution in [0.2, 0.25) is 0 Å². The predicted octanol–water partition coefficient (Wildman–Crippen LogP) is 10.9. The van der Waals surface area contributed by atoms with Crippen LogP contribution in [0.4, 0.5) is 20.2 Å². The number of fused-ring (bicyclic) bond motifs is 2. The van der Waals surface area contributed by atoms with E-state index in [0.29, 0.717) is 36.2 Å². The minimum atomic E-state index is -3.97. The van der Waals surface area contributed by atoms with Crippen LogP contribution in [0.15, 0.2) is 156 Å². The molecule has 23 nitrogen and oxygen atoms in total. The Morgan fingerprint density at radius 1 is 0.559 bits per heavy atom. The van der Waals surface area contributed by atoms with Gasteiger partial charge in [-0.3, -0.25) is 19.3 Å². The molecule has 4 atom stereocenters. The Kier molecular flexibility index (Phi) is 22.4. The van der Waals surface area contributed by atoms with E-state index in [1.807, 2.05) is 88.4 Å². The molecule has 2 aliphatic heterocycles. The molecule has 93 heavy (non-hydrogen) atoms. The molecule has 26 heteroatoms. The second-order valence-corrected chi connectivity index (χ2v) is 29.0. The second-order valence-electron chi connectivity index (χ2n) is 24.8. The zero-order valence-electron chi connectivity index (χ0n) is 53.5. The molecule has 0 saturated carbocycles. The van der Waals surface area contributed by atoms with Crippen molar-refractivity contribution in [2.75, 3.05) is 43.0 Å². The summed E-state index contributed by atoms with van der Waals surface area (Å²) < 4.78 is 76.1. The summed E-state index contributed by atoms with van der Waals surface area (Å²) in [4.78, 5) is 97.4. The predicted molar refractivity (Wildman–Crippen MR) is 351 cm³/mol. The third-order valence-electron chi connectivity index (χ3n) is 15.0. The van der Waals surface area contributed by atoms with E-state index in [4.69, 9.17) is 18.9 Å². The van der Waals surface area contributed by atoms with E-state index in [1.165, 1.54) is 47.9 Å². The lowest BCUT2D eigenvalue weighted by molar-refractivity contribution is -0.154. The minimum absolute atomic E-state index is 0.0189. The number of benzene rings is 4. The fraction of sp³-hybridized carbons (Fsp3) is 0.373. The van der Waals surface area contributed by atoms with Gasteiger partial charge >= 0.3 is 24.2 Å². The third-order valence-corrected chi connectivity index (χ3v) is 18.9. The van der Waals surface area contributed by atoms with Crippen molar-refractivity contribution in [1.29, 1.82) is 0 Å². The summed E-state index contributed by atoms with van der Waals surface area (Å²) in [5.41, 5.74) is 3.53. The highest BCUT2D eigenvalue weighted by atomic mass is 79.9. The highest BCUT2D eigenvalue weighted by molar-refractivity contribution is 9.09. The smallest absolute Gasteiger partial charge is 0.416 e. The van der Waals surface area contributed by atoms with Gasteiger partial charge in [0.15, 0.2) is 22.9 Å². The first-order chi connectivity index (χ1) is 43.9. The van der Waals surface area contributed by atoms with Crippen molar-refractivity contribution in [3.8, 4) is 0 Å². The average molecular weight is 1380 g/mol. The molecule has 0 bridgehead atoms. The van der Waals surface area contributed by atoms with Crippen molar-refractivity contribution in [3.05, 3.63) is 174 Å². The van der Waals surface area contributed by atoms with E-state index in [1.54, 1.807) is 88.9 Å². The van der Waals surface area contributed by atoms with Gasteiger partial charge in [0.2, 0.25) is 0 Å². The Bertz CT molecular complexity index is 4210. The van der Waals surface area contributed by atoms with Crippen LogP contribution in [-0.4, -0.2) is 140 Å². The van der Waals surface area contributed by atoms with Gasteiger partial charge in [-0.05, 0) is 115 Å². The van der Waals surface area contributed by atoms with Gasteiger partial charge in [0.25, 0.3) is 20.0 Å². The maximum absolute atomic E-state index is 13.7. The first kappa shape index (κ1) is 70.0. The maximum atomic E-state index is 13.7. The summed E-state index contributed by atoms with van der Waals surface area (Å²) >= 11 is 3.19. The highest BCUT2D eigenvalue weighted by Crippen LogP contribution is 2.30. The number of nitrogens with zero attached hydrogens (tertiary/aromatic N) is 9. The van der Waals surface area contributed by atoms with Crippen LogP contribution in [0.1, 0.15) is 83.3 Å². The molecule has 6 heterocycles. The highest BCUT2D eigenvalue weighted by Gasteiger charge is 2.40. The van der Waals surface area contributed by atoms with Crippen LogP contribution in [0.3, 0.4) is 0 Å². The van der Waals surface area contributed by atoms with Crippen LogP contribution in [0, 0.1) is 37.5 Å². The van der Waals surface area contributed by atoms with Crippen molar-refractivity contribution in [1.82, 2.24) is 37.7 Å². The lowest BCUT2D eigenvalue weighted by Crippen LogP contribution is -2.43. The number of aryl methyl sites for hydroxylation is 2. The third kappa shape index (κ3) is 18.3. The van der Waals surface area contributed by atoms with Gasteiger partial charge in [-0.1, -0.05) is 126 Å². The summed E-state index contributed by atoms with van der Waals surface area (Å²) in [5, 5.41) is 0.342. The van der Waals surface area contributed by atoms with Gasteiger partial charge in [-0.2, -0.15) is 0 Å². The number of amides is 3. The van der Waals surface area contributed by atoms with Crippen molar-refractivity contribution in [2.24, 2.45) is 23.7 Å². The topological polar surface area (TPSA) is 279 Å². The first-order valence-electron chi connectivity index (χ1n) is 30.0. The summed E-state index contributed by atoms with van der Waals surface area (Å²) in [6.07, 6.45) is 3.69. The number of Topliss-reactive ketones (excluding diaryl/α,β-unsaturated/α-hetero) is 2. The van der Waals surface area contributed by atoms with Crippen molar-refractivity contribution in [3.63, 3.8) is 0 Å². The molecule has 0 radical (unpaired) electrons. The van der Waals surface area contributed by atoms with Gasteiger partial charge in [0.1, 0.15) is 41.2 Å². The lowest BCUT2D eigenvalue weighted by atomic mass is 9.93.